The van der Waals surface area contributed by atoms with Crippen molar-refractivity contribution in [2.24, 2.45) is 0 Å². The van der Waals surface area contributed by atoms with Gasteiger partial charge < -0.3 is 14.6 Å². The predicted molar refractivity (Wildman–Crippen MR) is 65.4 cm³/mol. The highest BCUT2D eigenvalue weighted by Crippen LogP contribution is 1.97. The van der Waals surface area contributed by atoms with Crippen LogP contribution in [-0.2, 0) is 19.5 Å². The van der Waals surface area contributed by atoms with E-state index in [4.69, 9.17) is 14.6 Å². The molecule has 0 aliphatic rings. The van der Waals surface area contributed by atoms with Gasteiger partial charge in [0.2, 0.25) is 10.0 Å². The van der Waals surface area contributed by atoms with Crippen LogP contribution in [0.5, 0.6) is 0 Å². The molecule has 1 atom stereocenters. The molecule has 0 fully saturated rings. The number of sulfonamides is 1. The van der Waals surface area contributed by atoms with Crippen LogP contribution >= 0.6 is 0 Å². The van der Waals surface area contributed by atoms with Gasteiger partial charge in [-0.15, -0.1) is 0 Å². The van der Waals surface area contributed by atoms with E-state index in [-0.39, 0.29) is 6.61 Å². The van der Waals surface area contributed by atoms with E-state index in [9.17, 15) is 8.42 Å². The van der Waals surface area contributed by atoms with Crippen LogP contribution in [0.2, 0.25) is 0 Å². The van der Waals surface area contributed by atoms with E-state index in [1.54, 1.807) is 7.11 Å². The Balaban J connectivity index is 3.45. The van der Waals surface area contributed by atoms with Crippen LogP contribution in [-0.4, -0.2) is 58.9 Å². The van der Waals surface area contributed by atoms with Crippen molar-refractivity contribution in [1.29, 1.82) is 0 Å². The zero-order valence-corrected chi connectivity index (χ0v) is 11.3. The van der Waals surface area contributed by atoms with Gasteiger partial charge in [0.15, 0.2) is 0 Å². The van der Waals surface area contributed by atoms with Crippen LogP contribution in [0, 0.1) is 0 Å². The third-order valence-corrected chi connectivity index (χ3v) is 4.05. The molecule has 0 heterocycles. The van der Waals surface area contributed by atoms with Crippen molar-refractivity contribution in [2.75, 3.05) is 40.1 Å². The number of rotatable bonds is 11. The molecule has 0 spiro atoms. The minimum absolute atomic E-state index is 0.366. The first-order valence-electron chi connectivity index (χ1n) is 5.70. The molecule has 0 aliphatic carbocycles. The molecule has 0 saturated heterocycles. The number of hydrogen-bond donors (Lipinski definition) is 2. The van der Waals surface area contributed by atoms with Crippen LogP contribution < -0.4 is 4.72 Å². The summed E-state index contributed by atoms with van der Waals surface area (Å²) in [4.78, 5) is 0. The number of aliphatic hydroxyl groups is 1. The number of aliphatic hydroxyl groups excluding tert-OH is 1. The van der Waals surface area contributed by atoms with Crippen molar-refractivity contribution in [1.82, 2.24) is 4.72 Å². The molecule has 0 saturated carbocycles. The number of methoxy groups -OCH3 is 1. The summed E-state index contributed by atoms with van der Waals surface area (Å²) in [6.07, 6.45) is 1.50. The number of ether oxygens (including phenoxy) is 2. The third kappa shape index (κ3) is 8.50. The molecule has 1 unspecified atom stereocenters. The van der Waals surface area contributed by atoms with E-state index in [0.717, 1.165) is 6.42 Å². The van der Waals surface area contributed by atoms with Gasteiger partial charge in [-0.1, -0.05) is 0 Å². The molecule has 2 N–H and O–H groups in total. The van der Waals surface area contributed by atoms with Crippen LogP contribution in [0.25, 0.3) is 0 Å². The van der Waals surface area contributed by atoms with Gasteiger partial charge in [0.1, 0.15) is 0 Å². The monoisotopic (exact) mass is 269 g/mol. The summed E-state index contributed by atoms with van der Waals surface area (Å²) in [6.45, 7) is 3.21. The molecule has 0 rings (SSSR count). The van der Waals surface area contributed by atoms with Gasteiger partial charge in [0.05, 0.1) is 25.1 Å². The van der Waals surface area contributed by atoms with Crippen LogP contribution in [0.1, 0.15) is 19.8 Å². The second kappa shape index (κ2) is 9.78. The van der Waals surface area contributed by atoms with Crippen LogP contribution in [0.4, 0.5) is 0 Å². The molecular formula is C10H23NO5S. The Hall–Kier alpha value is -0.210. The Morgan fingerprint density at radius 1 is 1.24 bits per heavy atom. The maximum atomic E-state index is 11.4. The zero-order chi connectivity index (χ0) is 13.1. The lowest BCUT2D eigenvalue weighted by atomic mass is 10.3. The standard InChI is InChI=1S/C10H23NO5S/c1-10(9-12)17(13,14)11-5-3-4-6-16-8-7-15-2/h10-12H,3-9H2,1-2H3. The average Bonchev–Trinajstić information content (AvgIpc) is 2.31. The van der Waals surface area contributed by atoms with Crippen molar-refractivity contribution >= 4 is 10.0 Å². The van der Waals surface area contributed by atoms with E-state index in [1.165, 1.54) is 6.92 Å². The summed E-state index contributed by atoms with van der Waals surface area (Å²) in [5.74, 6) is 0. The minimum atomic E-state index is -3.37. The number of unbranched alkanes of at least 4 members (excludes halogenated alkanes) is 1. The molecule has 0 bridgehead atoms. The molecular weight excluding hydrogens is 246 g/mol. The van der Waals surface area contributed by atoms with Crippen LogP contribution in [0.15, 0.2) is 0 Å². The molecule has 0 aromatic rings. The lowest BCUT2D eigenvalue weighted by Crippen LogP contribution is -2.35. The highest BCUT2D eigenvalue weighted by molar-refractivity contribution is 7.90. The molecule has 17 heavy (non-hydrogen) atoms. The SMILES string of the molecule is COCCOCCCCNS(=O)(=O)C(C)CO. The molecule has 6 nitrogen and oxygen atoms in total. The van der Waals surface area contributed by atoms with Crippen molar-refractivity contribution in [2.45, 2.75) is 25.0 Å². The number of hydrogen-bond acceptors (Lipinski definition) is 5. The maximum Gasteiger partial charge on any atom is 0.216 e. The van der Waals surface area contributed by atoms with Gasteiger partial charge >= 0.3 is 0 Å². The van der Waals surface area contributed by atoms with Gasteiger partial charge in [-0.2, -0.15) is 0 Å². The first-order valence-corrected chi connectivity index (χ1v) is 7.25. The van der Waals surface area contributed by atoms with Crippen molar-refractivity contribution in [3.8, 4) is 0 Å². The lowest BCUT2D eigenvalue weighted by molar-refractivity contribution is 0.0689. The van der Waals surface area contributed by atoms with E-state index in [1.807, 2.05) is 0 Å². The third-order valence-electron chi connectivity index (χ3n) is 2.24. The van der Waals surface area contributed by atoms with Gasteiger partial charge in [0.25, 0.3) is 0 Å². The molecule has 0 radical (unpaired) electrons. The van der Waals surface area contributed by atoms with Gasteiger partial charge in [-0.05, 0) is 19.8 Å². The summed E-state index contributed by atoms with van der Waals surface area (Å²) in [6, 6.07) is 0. The van der Waals surface area contributed by atoms with E-state index in [0.29, 0.717) is 32.8 Å². The van der Waals surface area contributed by atoms with Crippen LogP contribution in [0.3, 0.4) is 0 Å². The second-order valence-corrected chi connectivity index (χ2v) is 5.93. The fourth-order valence-electron chi connectivity index (χ4n) is 1.03. The molecule has 0 amide bonds. The Kier molecular flexibility index (Phi) is 9.66. The Morgan fingerprint density at radius 3 is 2.53 bits per heavy atom. The second-order valence-electron chi connectivity index (χ2n) is 3.74. The van der Waals surface area contributed by atoms with Gasteiger partial charge in [-0.25, -0.2) is 13.1 Å². The summed E-state index contributed by atoms with van der Waals surface area (Å²) in [7, 11) is -1.76. The molecule has 7 heteroatoms. The largest absolute Gasteiger partial charge is 0.395 e. The fourth-order valence-corrected chi connectivity index (χ4v) is 1.94. The van der Waals surface area contributed by atoms with E-state index >= 15 is 0 Å². The normalized spacial score (nSPS) is 13.8. The summed E-state index contributed by atoms with van der Waals surface area (Å²) < 4.78 is 35.3. The van der Waals surface area contributed by atoms with Crippen molar-refractivity contribution < 1.29 is 23.0 Å². The predicted octanol–water partition coefficient (Wildman–Crippen LogP) is -0.270. The quantitative estimate of drug-likeness (QED) is 0.504. The topological polar surface area (TPSA) is 84.9 Å². The van der Waals surface area contributed by atoms with E-state index < -0.39 is 15.3 Å². The molecule has 0 aromatic heterocycles. The minimum Gasteiger partial charge on any atom is -0.395 e. The number of nitrogens with one attached hydrogen (secondary N) is 1. The smallest absolute Gasteiger partial charge is 0.216 e. The average molecular weight is 269 g/mol. The first kappa shape index (κ1) is 16.8. The van der Waals surface area contributed by atoms with Crippen molar-refractivity contribution in [3.05, 3.63) is 0 Å². The first-order chi connectivity index (χ1) is 8.04. The van der Waals surface area contributed by atoms with Gasteiger partial charge in [0, 0.05) is 20.3 Å². The fraction of sp³-hybridized carbons (Fsp3) is 1.00. The Morgan fingerprint density at radius 2 is 1.94 bits per heavy atom. The summed E-state index contributed by atoms with van der Waals surface area (Å²) >= 11 is 0. The summed E-state index contributed by atoms with van der Waals surface area (Å²) in [5.41, 5.74) is 0. The highest BCUT2D eigenvalue weighted by atomic mass is 32.2. The highest BCUT2D eigenvalue weighted by Gasteiger charge is 2.18. The molecule has 0 aliphatic heterocycles. The molecule has 104 valence electrons. The maximum absolute atomic E-state index is 11.4. The Labute approximate surface area is 103 Å². The molecule has 0 aromatic carbocycles. The van der Waals surface area contributed by atoms with Crippen molar-refractivity contribution in [3.63, 3.8) is 0 Å². The lowest BCUT2D eigenvalue weighted by Gasteiger charge is -2.11. The zero-order valence-electron chi connectivity index (χ0n) is 10.5. The van der Waals surface area contributed by atoms with Gasteiger partial charge in [-0.3, -0.25) is 0 Å². The van der Waals surface area contributed by atoms with E-state index in [2.05, 4.69) is 4.72 Å². The summed E-state index contributed by atoms with van der Waals surface area (Å²) in [5, 5.41) is 7.98. The Bertz CT molecular complexity index is 268.